The third-order valence-corrected chi connectivity index (χ3v) is 2.91. The summed E-state index contributed by atoms with van der Waals surface area (Å²) < 4.78 is 1.80. The van der Waals surface area contributed by atoms with Gasteiger partial charge in [-0.1, -0.05) is 6.07 Å². The molecule has 1 heterocycles. The number of hydrogen-bond donors (Lipinski definition) is 2. The Morgan fingerprint density at radius 3 is 2.75 bits per heavy atom. The number of nitro benzene ring substituents is 1. The van der Waals surface area contributed by atoms with Crippen LogP contribution in [0.1, 0.15) is 5.56 Å². The molecule has 0 fully saturated rings. The van der Waals surface area contributed by atoms with Crippen LogP contribution in [0.4, 0.5) is 17.1 Å². The van der Waals surface area contributed by atoms with Crippen molar-refractivity contribution in [3.63, 3.8) is 0 Å². The molecule has 1 aromatic carbocycles. The van der Waals surface area contributed by atoms with E-state index in [1.165, 1.54) is 0 Å². The quantitative estimate of drug-likeness (QED) is 0.624. The highest BCUT2D eigenvalue weighted by Gasteiger charge is 2.18. The van der Waals surface area contributed by atoms with Crippen molar-refractivity contribution in [3.8, 4) is 0 Å². The largest absolute Gasteiger partial charge is 0.382 e. The minimum absolute atomic E-state index is 0.0617. The minimum atomic E-state index is -0.383. The van der Waals surface area contributed by atoms with Gasteiger partial charge in [0.15, 0.2) is 0 Å². The molecule has 0 radical (unpaired) electrons. The van der Waals surface area contributed by atoms with Crippen LogP contribution in [0.5, 0.6) is 0 Å². The third kappa shape index (κ3) is 3.05. The highest BCUT2D eigenvalue weighted by atomic mass is 16.6. The number of nitro groups is 1. The van der Waals surface area contributed by atoms with Crippen LogP contribution in [0.15, 0.2) is 30.6 Å². The van der Waals surface area contributed by atoms with Crippen molar-refractivity contribution >= 4 is 17.1 Å². The van der Waals surface area contributed by atoms with Gasteiger partial charge in [0.05, 0.1) is 17.7 Å². The standard InChI is InChI=1S/C13H17N5O2/c1-10-8-16-17(9-10)7-6-15-12-5-3-4-11(14-2)13(12)18(19)20/h3-5,8-9,14-15H,6-7H2,1-2H3. The van der Waals surface area contributed by atoms with E-state index in [9.17, 15) is 10.1 Å². The topological polar surface area (TPSA) is 85.0 Å². The lowest BCUT2D eigenvalue weighted by Gasteiger charge is -2.10. The van der Waals surface area contributed by atoms with Crippen LogP contribution in [-0.2, 0) is 6.54 Å². The van der Waals surface area contributed by atoms with Crippen molar-refractivity contribution < 1.29 is 4.92 Å². The van der Waals surface area contributed by atoms with Gasteiger partial charge in [-0.3, -0.25) is 14.8 Å². The molecule has 0 unspecified atom stereocenters. The molecule has 0 aliphatic heterocycles. The number of aromatic nitrogens is 2. The van der Waals surface area contributed by atoms with Crippen LogP contribution in [0.2, 0.25) is 0 Å². The summed E-state index contributed by atoms with van der Waals surface area (Å²) in [5.74, 6) is 0. The summed E-state index contributed by atoms with van der Waals surface area (Å²) in [5.41, 5.74) is 2.15. The Balaban J connectivity index is 2.07. The molecule has 0 aliphatic rings. The first-order chi connectivity index (χ1) is 9.61. The smallest absolute Gasteiger partial charge is 0.315 e. The van der Waals surface area contributed by atoms with Gasteiger partial charge < -0.3 is 10.6 Å². The van der Waals surface area contributed by atoms with E-state index >= 15 is 0 Å². The average Bonchev–Trinajstić information content (AvgIpc) is 2.83. The molecule has 0 spiro atoms. The van der Waals surface area contributed by atoms with E-state index in [1.54, 1.807) is 36.1 Å². The van der Waals surface area contributed by atoms with Crippen LogP contribution < -0.4 is 10.6 Å². The second-order valence-electron chi connectivity index (χ2n) is 4.42. The molecule has 20 heavy (non-hydrogen) atoms. The van der Waals surface area contributed by atoms with Gasteiger partial charge in [-0.15, -0.1) is 0 Å². The molecule has 0 aliphatic carbocycles. The SMILES string of the molecule is CNc1cccc(NCCn2cc(C)cn2)c1[N+](=O)[O-]. The van der Waals surface area contributed by atoms with Gasteiger partial charge in [0.2, 0.25) is 0 Å². The zero-order valence-corrected chi connectivity index (χ0v) is 11.5. The first-order valence-corrected chi connectivity index (χ1v) is 6.30. The molecule has 106 valence electrons. The van der Waals surface area contributed by atoms with Crippen molar-refractivity contribution in [2.45, 2.75) is 13.5 Å². The summed E-state index contributed by atoms with van der Waals surface area (Å²) in [6.07, 6.45) is 3.71. The average molecular weight is 275 g/mol. The Bertz CT molecular complexity index is 609. The highest BCUT2D eigenvalue weighted by molar-refractivity contribution is 5.75. The van der Waals surface area contributed by atoms with Crippen molar-refractivity contribution in [2.24, 2.45) is 0 Å². The summed E-state index contributed by atoms with van der Waals surface area (Å²) in [5, 5.41) is 21.2. The zero-order valence-electron chi connectivity index (χ0n) is 11.5. The predicted molar refractivity (Wildman–Crippen MR) is 78.1 cm³/mol. The van der Waals surface area contributed by atoms with Crippen LogP contribution in [0.25, 0.3) is 0 Å². The molecule has 7 nitrogen and oxygen atoms in total. The molecule has 0 saturated heterocycles. The van der Waals surface area contributed by atoms with Crippen LogP contribution in [0, 0.1) is 17.0 Å². The Morgan fingerprint density at radius 2 is 2.15 bits per heavy atom. The summed E-state index contributed by atoms with van der Waals surface area (Å²) in [4.78, 5) is 10.8. The van der Waals surface area contributed by atoms with E-state index in [1.807, 2.05) is 13.1 Å². The molecule has 2 N–H and O–H groups in total. The number of rotatable bonds is 6. The number of benzene rings is 1. The van der Waals surface area contributed by atoms with E-state index in [0.29, 0.717) is 24.5 Å². The Labute approximate surface area is 116 Å². The number of anilines is 2. The molecule has 0 amide bonds. The van der Waals surface area contributed by atoms with Gasteiger partial charge in [-0.2, -0.15) is 5.10 Å². The van der Waals surface area contributed by atoms with Gasteiger partial charge in [0, 0.05) is 19.8 Å². The minimum Gasteiger partial charge on any atom is -0.382 e. The fourth-order valence-electron chi connectivity index (χ4n) is 1.98. The van der Waals surface area contributed by atoms with Crippen molar-refractivity contribution in [1.82, 2.24) is 9.78 Å². The van der Waals surface area contributed by atoms with Gasteiger partial charge in [0.25, 0.3) is 0 Å². The van der Waals surface area contributed by atoms with Crippen molar-refractivity contribution in [3.05, 3.63) is 46.3 Å². The maximum atomic E-state index is 11.1. The molecule has 0 bridgehead atoms. The van der Waals surface area contributed by atoms with Gasteiger partial charge in [-0.05, 0) is 24.6 Å². The molecule has 2 aromatic rings. The third-order valence-electron chi connectivity index (χ3n) is 2.91. The Hall–Kier alpha value is -2.57. The van der Waals surface area contributed by atoms with Crippen molar-refractivity contribution in [1.29, 1.82) is 0 Å². The fraction of sp³-hybridized carbons (Fsp3) is 0.308. The highest BCUT2D eigenvalue weighted by Crippen LogP contribution is 2.32. The number of hydrogen-bond acceptors (Lipinski definition) is 5. The van der Waals surface area contributed by atoms with E-state index in [4.69, 9.17) is 0 Å². The second-order valence-corrected chi connectivity index (χ2v) is 4.42. The summed E-state index contributed by atoms with van der Waals surface area (Å²) in [6, 6.07) is 5.16. The molecule has 7 heteroatoms. The lowest BCUT2D eigenvalue weighted by molar-refractivity contribution is -0.383. The monoisotopic (exact) mass is 275 g/mol. The normalized spacial score (nSPS) is 10.3. The Morgan fingerprint density at radius 1 is 1.40 bits per heavy atom. The second kappa shape index (κ2) is 6.05. The first kappa shape index (κ1) is 13.9. The molecule has 1 aromatic heterocycles. The molecule has 2 rings (SSSR count). The van der Waals surface area contributed by atoms with Gasteiger partial charge in [-0.25, -0.2) is 0 Å². The van der Waals surface area contributed by atoms with Crippen LogP contribution in [-0.4, -0.2) is 28.3 Å². The fourth-order valence-corrected chi connectivity index (χ4v) is 1.98. The van der Waals surface area contributed by atoms with E-state index in [0.717, 1.165) is 5.56 Å². The molecule has 0 saturated carbocycles. The van der Waals surface area contributed by atoms with Crippen LogP contribution >= 0.6 is 0 Å². The summed E-state index contributed by atoms with van der Waals surface area (Å²) >= 11 is 0. The van der Waals surface area contributed by atoms with Gasteiger partial charge >= 0.3 is 5.69 Å². The van der Waals surface area contributed by atoms with Crippen LogP contribution in [0.3, 0.4) is 0 Å². The number of nitrogens with one attached hydrogen (secondary N) is 2. The number of aryl methyl sites for hydroxylation is 1. The van der Waals surface area contributed by atoms with E-state index < -0.39 is 0 Å². The Kier molecular flexibility index (Phi) is 4.19. The number of nitrogens with zero attached hydrogens (tertiary/aromatic N) is 3. The lowest BCUT2D eigenvalue weighted by Crippen LogP contribution is -2.12. The summed E-state index contributed by atoms with van der Waals surface area (Å²) in [7, 11) is 1.67. The van der Waals surface area contributed by atoms with E-state index in [-0.39, 0.29) is 10.6 Å². The summed E-state index contributed by atoms with van der Waals surface area (Å²) in [6.45, 7) is 3.18. The van der Waals surface area contributed by atoms with Gasteiger partial charge in [0.1, 0.15) is 11.4 Å². The molecule has 0 atom stereocenters. The maximum absolute atomic E-state index is 11.1. The first-order valence-electron chi connectivity index (χ1n) is 6.30. The lowest BCUT2D eigenvalue weighted by atomic mass is 10.2. The van der Waals surface area contributed by atoms with Crippen molar-refractivity contribution in [2.75, 3.05) is 24.2 Å². The predicted octanol–water partition coefficient (Wildman–Crippen LogP) is 2.25. The molecular formula is C13H17N5O2. The van der Waals surface area contributed by atoms with E-state index in [2.05, 4.69) is 15.7 Å². The zero-order chi connectivity index (χ0) is 14.5. The maximum Gasteiger partial charge on any atom is 0.315 e. The molecular weight excluding hydrogens is 258 g/mol. The number of para-hydroxylation sites is 1.